The van der Waals surface area contributed by atoms with E-state index in [1.807, 2.05) is 11.8 Å². The molecule has 0 radical (unpaired) electrons. The number of carbonyl (C=O) groups is 1. The van der Waals surface area contributed by atoms with E-state index in [1.165, 1.54) is 0 Å². The highest BCUT2D eigenvalue weighted by atomic mass is 16.2. The summed E-state index contributed by atoms with van der Waals surface area (Å²) < 4.78 is 0. The van der Waals surface area contributed by atoms with E-state index in [1.54, 1.807) is 0 Å². The average molecular weight is 236 g/mol. The lowest BCUT2D eigenvalue weighted by atomic mass is 9.82. The van der Waals surface area contributed by atoms with Gasteiger partial charge in [-0.1, -0.05) is 27.2 Å². The van der Waals surface area contributed by atoms with E-state index in [2.05, 4.69) is 19.9 Å². The maximum absolute atomic E-state index is 12.2. The Labute approximate surface area is 105 Å². The van der Waals surface area contributed by atoms with E-state index in [4.69, 9.17) is 5.26 Å². The van der Waals surface area contributed by atoms with E-state index in [0.29, 0.717) is 11.8 Å². The molecule has 3 heteroatoms. The smallest absolute Gasteiger partial charge is 0.239 e. The molecule has 1 saturated heterocycles. The minimum absolute atomic E-state index is 0.0538. The predicted molar refractivity (Wildman–Crippen MR) is 68.2 cm³/mol. The monoisotopic (exact) mass is 236 g/mol. The number of hydrogen-bond donors (Lipinski definition) is 0. The number of likely N-dealkylation sites (tertiary alicyclic amines) is 1. The van der Waals surface area contributed by atoms with Crippen molar-refractivity contribution in [3.05, 3.63) is 0 Å². The Morgan fingerprint density at radius 3 is 2.47 bits per heavy atom. The fourth-order valence-electron chi connectivity index (χ4n) is 2.70. The van der Waals surface area contributed by atoms with Crippen LogP contribution in [0.5, 0.6) is 0 Å². The van der Waals surface area contributed by atoms with Crippen LogP contribution < -0.4 is 0 Å². The summed E-state index contributed by atoms with van der Waals surface area (Å²) in [6.07, 6.45) is 4.92. The van der Waals surface area contributed by atoms with Gasteiger partial charge in [0.2, 0.25) is 5.91 Å². The normalized spacial score (nSPS) is 20.0. The topological polar surface area (TPSA) is 44.1 Å². The molecular weight excluding hydrogens is 212 g/mol. The molecule has 96 valence electrons. The highest BCUT2D eigenvalue weighted by Crippen LogP contribution is 2.37. The van der Waals surface area contributed by atoms with Crippen LogP contribution >= 0.6 is 0 Å². The fraction of sp³-hybridized carbons (Fsp3) is 0.857. The third-order valence-electron chi connectivity index (χ3n) is 4.28. The SMILES string of the molecule is CCCC(C#N)C(=O)N1CCC(CC)(CC)C1. The fourth-order valence-corrected chi connectivity index (χ4v) is 2.70. The minimum atomic E-state index is -0.426. The highest BCUT2D eigenvalue weighted by molar-refractivity contribution is 5.81. The lowest BCUT2D eigenvalue weighted by Gasteiger charge is -2.27. The van der Waals surface area contributed by atoms with Crippen LogP contribution in [0, 0.1) is 22.7 Å². The minimum Gasteiger partial charge on any atom is -0.341 e. The van der Waals surface area contributed by atoms with Gasteiger partial charge in [-0.2, -0.15) is 5.26 Å². The summed E-state index contributed by atoms with van der Waals surface area (Å²) in [5.74, 6) is -0.373. The summed E-state index contributed by atoms with van der Waals surface area (Å²) in [5.41, 5.74) is 0.307. The molecule has 1 rings (SSSR count). The molecule has 1 aliphatic rings. The lowest BCUT2D eigenvalue weighted by molar-refractivity contribution is -0.133. The first-order chi connectivity index (χ1) is 8.12. The Hall–Kier alpha value is -1.04. The van der Waals surface area contributed by atoms with Crippen LogP contribution in [-0.2, 0) is 4.79 Å². The molecule has 0 aromatic rings. The zero-order chi connectivity index (χ0) is 12.9. The molecule has 1 unspecified atom stereocenters. The zero-order valence-corrected chi connectivity index (χ0v) is 11.3. The van der Waals surface area contributed by atoms with Crippen LogP contribution in [0.1, 0.15) is 52.9 Å². The number of nitriles is 1. The van der Waals surface area contributed by atoms with Gasteiger partial charge in [0.25, 0.3) is 0 Å². The maximum atomic E-state index is 12.2. The molecule has 1 amide bonds. The van der Waals surface area contributed by atoms with Crippen molar-refractivity contribution in [2.75, 3.05) is 13.1 Å². The van der Waals surface area contributed by atoms with Crippen LogP contribution in [-0.4, -0.2) is 23.9 Å². The third-order valence-corrected chi connectivity index (χ3v) is 4.28. The molecule has 1 heterocycles. The first-order valence-electron chi connectivity index (χ1n) is 6.80. The summed E-state index contributed by atoms with van der Waals surface area (Å²) in [4.78, 5) is 14.1. The van der Waals surface area contributed by atoms with Crippen molar-refractivity contribution in [2.45, 2.75) is 52.9 Å². The van der Waals surface area contributed by atoms with Gasteiger partial charge in [0.1, 0.15) is 5.92 Å². The molecule has 0 aromatic heterocycles. The Morgan fingerprint density at radius 1 is 1.41 bits per heavy atom. The quantitative estimate of drug-likeness (QED) is 0.736. The molecule has 1 fully saturated rings. The van der Waals surface area contributed by atoms with Gasteiger partial charge >= 0.3 is 0 Å². The number of rotatable bonds is 5. The molecule has 17 heavy (non-hydrogen) atoms. The van der Waals surface area contributed by atoms with Crippen molar-refractivity contribution >= 4 is 5.91 Å². The van der Waals surface area contributed by atoms with Gasteiger partial charge in [0.15, 0.2) is 0 Å². The molecule has 3 nitrogen and oxygen atoms in total. The first-order valence-corrected chi connectivity index (χ1v) is 6.80. The van der Waals surface area contributed by atoms with Crippen LogP contribution in [0.2, 0.25) is 0 Å². The van der Waals surface area contributed by atoms with Crippen LogP contribution in [0.3, 0.4) is 0 Å². The molecule has 1 aliphatic heterocycles. The maximum Gasteiger partial charge on any atom is 0.239 e. The number of hydrogen-bond acceptors (Lipinski definition) is 2. The molecule has 0 N–H and O–H groups in total. The Morgan fingerprint density at radius 2 is 2.06 bits per heavy atom. The van der Waals surface area contributed by atoms with Crippen molar-refractivity contribution in [2.24, 2.45) is 11.3 Å². The number of carbonyl (C=O) groups excluding carboxylic acids is 1. The molecular formula is C14H24N2O. The van der Waals surface area contributed by atoms with E-state index in [9.17, 15) is 4.79 Å². The van der Waals surface area contributed by atoms with Gasteiger partial charge in [-0.05, 0) is 31.1 Å². The first kappa shape index (κ1) is 14.0. The van der Waals surface area contributed by atoms with Crippen LogP contribution in [0.4, 0.5) is 0 Å². The van der Waals surface area contributed by atoms with Gasteiger partial charge in [0, 0.05) is 13.1 Å². The van der Waals surface area contributed by atoms with Gasteiger partial charge in [0.05, 0.1) is 6.07 Å². The van der Waals surface area contributed by atoms with E-state index in [-0.39, 0.29) is 5.91 Å². The molecule has 0 aliphatic carbocycles. The van der Waals surface area contributed by atoms with E-state index >= 15 is 0 Å². The average Bonchev–Trinajstić information content (AvgIpc) is 2.80. The molecule has 0 bridgehead atoms. The largest absolute Gasteiger partial charge is 0.341 e. The second-order valence-corrected chi connectivity index (χ2v) is 5.19. The second-order valence-electron chi connectivity index (χ2n) is 5.19. The van der Waals surface area contributed by atoms with Crippen molar-refractivity contribution in [1.82, 2.24) is 4.90 Å². The van der Waals surface area contributed by atoms with E-state index < -0.39 is 5.92 Å². The molecule has 0 saturated carbocycles. The zero-order valence-electron chi connectivity index (χ0n) is 11.3. The predicted octanol–water partition coefficient (Wildman–Crippen LogP) is 2.96. The standard InChI is InChI=1S/C14H24N2O/c1-4-7-12(10-15)13(17)16-9-8-14(5-2,6-3)11-16/h12H,4-9,11H2,1-3H3. The summed E-state index contributed by atoms with van der Waals surface area (Å²) >= 11 is 0. The molecule has 0 aromatic carbocycles. The van der Waals surface area contributed by atoms with Gasteiger partial charge in [-0.15, -0.1) is 0 Å². The van der Waals surface area contributed by atoms with Gasteiger partial charge in [-0.25, -0.2) is 0 Å². The Kier molecular flexibility index (Phi) is 4.99. The van der Waals surface area contributed by atoms with Crippen LogP contribution in [0.25, 0.3) is 0 Å². The molecule has 1 atom stereocenters. The lowest BCUT2D eigenvalue weighted by Crippen LogP contribution is -2.35. The Bertz CT molecular complexity index is 302. The summed E-state index contributed by atoms with van der Waals surface area (Å²) in [5, 5.41) is 9.03. The summed E-state index contributed by atoms with van der Waals surface area (Å²) in [6, 6.07) is 2.15. The van der Waals surface area contributed by atoms with Gasteiger partial charge in [-0.3, -0.25) is 4.79 Å². The van der Waals surface area contributed by atoms with Crippen LogP contribution in [0.15, 0.2) is 0 Å². The second kappa shape index (κ2) is 6.05. The van der Waals surface area contributed by atoms with Crippen molar-refractivity contribution in [1.29, 1.82) is 5.26 Å². The Balaban J connectivity index is 2.64. The molecule has 0 spiro atoms. The number of nitrogens with zero attached hydrogens (tertiary/aromatic N) is 2. The van der Waals surface area contributed by atoms with Crippen molar-refractivity contribution < 1.29 is 4.79 Å². The number of amides is 1. The third kappa shape index (κ3) is 3.00. The van der Waals surface area contributed by atoms with Crippen molar-refractivity contribution in [3.63, 3.8) is 0 Å². The summed E-state index contributed by atoms with van der Waals surface area (Å²) in [7, 11) is 0. The van der Waals surface area contributed by atoms with Crippen molar-refractivity contribution in [3.8, 4) is 6.07 Å². The van der Waals surface area contributed by atoms with Gasteiger partial charge < -0.3 is 4.90 Å². The highest BCUT2D eigenvalue weighted by Gasteiger charge is 2.38. The van der Waals surface area contributed by atoms with E-state index in [0.717, 1.165) is 38.8 Å². The summed E-state index contributed by atoms with van der Waals surface area (Å²) in [6.45, 7) is 8.10.